The van der Waals surface area contributed by atoms with Crippen molar-refractivity contribution in [1.82, 2.24) is 5.32 Å². The van der Waals surface area contributed by atoms with Crippen molar-refractivity contribution in [2.75, 3.05) is 6.54 Å². The van der Waals surface area contributed by atoms with Gasteiger partial charge in [0, 0.05) is 24.6 Å². The Kier molecular flexibility index (Phi) is 2.78. The molecule has 2 aliphatic rings. The van der Waals surface area contributed by atoms with Gasteiger partial charge in [0.25, 0.3) is 0 Å². The first kappa shape index (κ1) is 12.5. The normalized spacial score (nSPS) is 27.9. The van der Waals surface area contributed by atoms with E-state index in [1.54, 1.807) is 0 Å². The number of carboxylic acids is 1. The molecular weight excluding hydrogens is 242 g/mol. The number of benzene rings is 1. The Bertz CT molecular complexity index is 524. The predicted molar refractivity (Wildman–Crippen MR) is 71.3 cm³/mol. The third-order valence-electron chi connectivity index (χ3n) is 3.98. The maximum Gasteiger partial charge on any atom is 0.307 e. The molecule has 19 heavy (non-hydrogen) atoms. The summed E-state index contributed by atoms with van der Waals surface area (Å²) in [6.45, 7) is 4.70. The molecule has 3 rings (SSSR count). The Morgan fingerprint density at radius 3 is 2.95 bits per heavy atom. The summed E-state index contributed by atoms with van der Waals surface area (Å²) in [6, 6.07) is 6.26. The average molecular weight is 261 g/mol. The average Bonchev–Trinajstić information content (AvgIpc) is 2.90. The molecule has 4 nitrogen and oxygen atoms in total. The van der Waals surface area contributed by atoms with Crippen LogP contribution in [-0.2, 0) is 11.2 Å². The van der Waals surface area contributed by atoms with E-state index in [1.807, 2.05) is 12.1 Å². The van der Waals surface area contributed by atoms with Gasteiger partial charge in [-0.3, -0.25) is 4.79 Å². The van der Waals surface area contributed by atoms with Crippen LogP contribution in [0.4, 0.5) is 0 Å². The summed E-state index contributed by atoms with van der Waals surface area (Å²) in [5.74, 6) is -0.0601. The van der Waals surface area contributed by atoms with Crippen molar-refractivity contribution in [2.45, 2.75) is 38.3 Å². The topological polar surface area (TPSA) is 58.6 Å². The second kappa shape index (κ2) is 4.23. The largest absolute Gasteiger partial charge is 0.487 e. The monoisotopic (exact) mass is 261 g/mol. The van der Waals surface area contributed by atoms with Crippen molar-refractivity contribution in [3.63, 3.8) is 0 Å². The van der Waals surface area contributed by atoms with E-state index < -0.39 is 5.97 Å². The van der Waals surface area contributed by atoms with E-state index in [-0.39, 0.29) is 17.6 Å². The van der Waals surface area contributed by atoms with Crippen LogP contribution in [0.25, 0.3) is 0 Å². The highest BCUT2D eigenvalue weighted by Crippen LogP contribution is 2.42. The number of para-hydroxylation sites is 1. The van der Waals surface area contributed by atoms with E-state index in [2.05, 4.69) is 25.2 Å². The first-order valence-corrected chi connectivity index (χ1v) is 6.73. The van der Waals surface area contributed by atoms with Crippen LogP contribution >= 0.6 is 0 Å². The van der Waals surface area contributed by atoms with E-state index in [0.29, 0.717) is 13.0 Å². The Labute approximate surface area is 112 Å². The number of nitrogens with one attached hydrogen (secondary N) is 1. The summed E-state index contributed by atoms with van der Waals surface area (Å²) >= 11 is 0. The zero-order valence-corrected chi connectivity index (χ0v) is 11.3. The lowest BCUT2D eigenvalue weighted by molar-refractivity contribution is -0.141. The van der Waals surface area contributed by atoms with Gasteiger partial charge in [-0.1, -0.05) is 18.2 Å². The van der Waals surface area contributed by atoms with Gasteiger partial charge in [0.2, 0.25) is 0 Å². The number of carbonyl (C=O) groups is 1. The minimum absolute atomic E-state index is 0.0879. The van der Waals surface area contributed by atoms with Crippen molar-refractivity contribution in [1.29, 1.82) is 0 Å². The summed E-state index contributed by atoms with van der Waals surface area (Å²) in [5, 5.41) is 12.4. The smallest absolute Gasteiger partial charge is 0.307 e. The Morgan fingerprint density at radius 1 is 1.47 bits per heavy atom. The summed E-state index contributed by atoms with van der Waals surface area (Å²) < 4.78 is 6.05. The lowest BCUT2D eigenvalue weighted by Crippen LogP contribution is -2.25. The maximum absolute atomic E-state index is 11.0. The lowest BCUT2D eigenvalue weighted by atomic mass is 9.96. The Hall–Kier alpha value is -1.55. The quantitative estimate of drug-likeness (QED) is 0.856. The summed E-state index contributed by atoms with van der Waals surface area (Å²) in [7, 11) is 0. The van der Waals surface area contributed by atoms with Crippen molar-refractivity contribution >= 4 is 5.97 Å². The van der Waals surface area contributed by atoms with Crippen LogP contribution in [0.15, 0.2) is 18.2 Å². The van der Waals surface area contributed by atoms with E-state index in [1.165, 1.54) is 5.56 Å². The molecule has 0 bridgehead atoms. The molecule has 2 atom stereocenters. The van der Waals surface area contributed by atoms with Crippen molar-refractivity contribution in [3.8, 4) is 5.75 Å². The van der Waals surface area contributed by atoms with Crippen LogP contribution in [0.1, 0.15) is 37.4 Å². The van der Waals surface area contributed by atoms with Gasteiger partial charge in [0.1, 0.15) is 11.4 Å². The first-order chi connectivity index (χ1) is 8.96. The summed E-state index contributed by atoms with van der Waals surface area (Å²) in [4.78, 5) is 11.0. The molecule has 0 aromatic heterocycles. The number of rotatable bonds is 2. The molecule has 2 N–H and O–H groups in total. The zero-order chi connectivity index (χ0) is 13.6. The number of fused-ring (bicyclic) bond motifs is 1. The van der Waals surface area contributed by atoms with Gasteiger partial charge in [-0.25, -0.2) is 0 Å². The number of aliphatic carboxylic acids is 1. The molecule has 2 heterocycles. The molecule has 1 aromatic carbocycles. The fourth-order valence-electron chi connectivity index (χ4n) is 3.07. The molecule has 1 fully saturated rings. The molecule has 2 unspecified atom stereocenters. The number of carboxylic acid groups (broad SMARTS) is 1. The molecule has 1 aromatic rings. The lowest BCUT2D eigenvalue weighted by Gasteiger charge is -2.20. The van der Waals surface area contributed by atoms with Gasteiger partial charge in [-0.2, -0.15) is 0 Å². The minimum Gasteiger partial charge on any atom is -0.487 e. The SMILES string of the molecule is CC1(C)Cc2cccc(C3CC(C(=O)O)CN3)c2O1. The highest BCUT2D eigenvalue weighted by molar-refractivity contribution is 5.71. The first-order valence-electron chi connectivity index (χ1n) is 6.73. The highest BCUT2D eigenvalue weighted by Gasteiger charge is 2.36. The predicted octanol–water partition coefficient (Wildman–Crippen LogP) is 2.14. The van der Waals surface area contributed by atoms with Gasteiger partial charge in [0.15, 0.2) is 0 Å². The van der Waals surface area contributed by atoms with Crippen LogP contribution in [-0.4, -0.2) is 23.2 Å². The summed E-state index contributed by atoms with van der Waals surface area (Å²) in [5.41, 5.74) is 2.17. The second-order valence-corrected chi connectivity index (χ2v) is 6.11. The van der Waals surface area contributed by atoms with Crippen LogP contribution in [0.3, 0.4) is 0 Å². The van der Waals surface area contributed by atoms with Gasteiger partial charge >= 0.3 is 5.97 Å². The molecule has 0 spiro atoms. The van der Waals surface area contributed by atoms with E-state index in [9.17, 15) is 4.79 Å². The molecule has 102 valence electrons. The second-order valence-electron chi connectivity index (χ2n) is 6.11. The molecule has 0 radical (unpaired) electrons. The van der Waals surface area contributed by atoms with E-state index in [4.69, 9.17) is 9.84 Å². The molecule has 0 saturated carbocycles. The van der Waals surface area contributed by atoms with Crippen molar-refractivity contribution in [3.05, 3.63) is 29.3 Å². The van der Waals surface area contributed by atoms with E-state index >= 15 is 0 Å². The van der Waals surface area contributed by atoms with Crippen molar-refractivity contribution in [2.24, 2.45) is 5.92 Å². The van der Waals surface area contributed by atoms with Crippen molar-refractivity contribution < 1.29 is 14.6 Å². The molecule has 1 saturated heterocycles. The Balaban J connectivity index is 1.88. The van der Waals surface area contributed by atoms with Crippen LogP contribution in [0.2, 0.25) is 0 Å². The van der Waals surface area contributed by atoms with Gasteiger partial charge in [0.05, 0.1) is 5.92 Å². The molecule has 2 aliphatic heterocycles. The van der Waals surface area contributed by atoms with Gasteiger partial charge in [-0.15, -0.1) is 0 Å². The third kappa shape index (κ3) is 2.21. The zero-order valence-electron chi connectivity index (χ0n) is 11.3. The fourth-order valence-corrected chi connectivity index (χ4v) is 3.07. The van der Waals surface area contributed by atoms with Gasteiger partial charge < -0.3 is 15.2 Å². The number of hydrogen-bond acceptors (Lipinski definition) is 3. The minimum atomic E-state index is -0.719. The van der Waals surface area contributed by atoms with Crippen LogP contribution in [0, 0.1) is 5.92 Å². The summed E-state index contributed by atoms with van der Waals surface area (Å²) in [6.07, 6.45) is 1.54. The van der Waals surface area contributed by atoms with E-state index in [0.717, 1.165) is 17.7 Å². The highest BCUT2D eigenvalue weighted by atomic mass is 16.5. The molecule has 4 heteroatoms. The third-order valence-corrected chi connectivity index (χ3v) is 3.98. The molecule has 0 aliphatic carbocycles. The fraction of sp³-hybridized carbons (Fsp3) is 0.533. The number of hydrogen-bond donors (Lipinski definition) is 2. The van der Waals surface area contributed by atoms with Crippen LogP contribution < -0.4 is 10.1 Å². The van der Waals surface area contributed by atoms with Crippen LogP contribution in [0.5, 0.6) is 5.75 Å². The number of ether oxygens (including phenoxy) is 1. The Morgan fingerprint density at radius 2 is 2.26 bits per heavy atom. The van der Waals surface area contributed by atoms with Gasteiger partial charge in [-0.05, 0) is 25.8 Å². The standard InChI is InChI=1S/C15H19NO3/c1-15(2)7-9-4-3-5-11(13(9)19-15)12-6-10(8-16-12)14(17)18/h3-5,10,12,16H,6-8H2,1-2H3,(H,17,18). The molecule has 0 amide bonds. The molecular formula is C15H19NO3. The maximum atomic E-state index is 11.0.